The van der Waals surface area contributed by atoms with Gasteiger partial charge in [0.1, 0.15) is 0 Å². The molecule has 0 aliphatic heterocycles. The van der Waals surface area contributed by atoms with Crippen LogP contribution in [0.15, 0.2) is 24.5 Å². The predicted octanol–water partition coefficient (Wildman–Crippen LogP) is 0.901. The van der Waals surface area contributed by atoms with E-state index in [9.17, 15) is 4.79 Å². The molecule has 4 nitrogen and oxygen atoms in total. The highest BCUT2D eigenvalue weighted by atomic mass is 16.3. The van der Waals surface area contributed by atoms with Gasteiger partial charge in [0.15, 0.2) is 0 Å². The number of carbonyl (C=O) groups excluding carboxylic acids is 1. The summed E-state index contributed by atoms with van der Waals surface area (Å²) in [6, 6.07) is 3.68. The summed E-state index contributed by atoms with van der Waals surface area (Å²) in [7, 11) is 0. The Hall–Kier alpha value is -1.42. The Balaban J connectivity index is 2.30. The Bertz CT molecular complexity index is 310. The highest BCUT2D eigenvalue weighted by Crippen LogP contribution is 2.00. The van der Waals surface area contributed by atoms with Gasteiger partial charge in [-0.3, -0.25) is 9.78 Å². The molecule has 1 rings (SSSR count). The number of nitrogens with one attached hydrogen (secondary N) is 1. The van der Waals surface area contributed by atoms with Crippen molar-refractivity contribution in [3.8, 4) is 0 Å². The minimum Gasteiger partial charge on any atom is -0.394 e. The van der Waals surface area contributed by atoms with Crippen LogP contribution in [0.1, 0.15) is 25.3 Å². The van der Waals surface area contributed by atoms with Crippen molar-refractivity contribution in [3.63, 3.8) is 0 Å². The molecule has 0 saturated heterocycles. The summed E-state index contributed by atoms with van der Waals surface area (Å²) >= 11 is 0. The zero-order valence-corrected chi connectivity index (χ0v) is 9.52. The van der Waals surface area contributed by atoms with Gasteiger partial charge in [0.2, 0.25) is 5.91 Å². The van der Waals surface area contributed by atoms with Crippen molar-refractivity contribution < 1.29 is 9.90 Å². The number of aromatic nitrogens is 1. The lowest BCUT2D eigenvalue weighted by molar-refractivity contribution is -0.122. The van der Waals surface area contributed by atoms with Gasteiger partial charge in [-0.05, 0) is 24.5 Å². The number of hydrogen-bond donors (Lipinski definition) is 2. The first kappa shape index (κ1) is 12.6. The van der Waals surface area contributed by atoms with Gasteiger partial charge in [0.25, 0.3) is 0 Å². The number of aliphatic hydroxyl groups is 1. The fourth-order valence-electron chi connectivity index (χ4n) is 1.38. The standard InChI is InChI=1S/C12H18N2O2/c1-2-11(9-15)14-12(16)6-5-10-4-3-7-13-8-10/h3-4,7-8,11,15H,2,5-6,9H2,1H3,(H,14,16). The highest BCUT2D eigenvalue weighted by Gasteiger charge is 2.08. The summed E-state index contributed by atoms with van der Waals surface area (Å²) < 4.78 is 0. The number of pyridine rings is 1. The Labute approximate surface area is 95.7 Å². The number of nitrogens with zero attached hydrogens (tertiary/aromatic N) is 1. The van der Waals surface area contributed by atoms with Crippen LogP contribution in [0.4, 0.5) is 0 Å². The minimum absolute atomic E-state index is 0.00483. The molecule has 1 amide bonds. The first-order valence-corrected chi connectivity index (χ1v) is 5.55. The first-order chi connectivity index (χ1) is 7.76. The summed E-state index contributed by atoms with van der Waals surface area (Å²) in [5.41, 5.74) is 1.05. The molecule has 0 bridgehead atoms. The van der Waals surface area contributed by atoms with Gasteiger partial charge in [-0.1, -0.05) is 13.0 Å². The van der Waals surface area contributed by atoms with Gasteiger partial charge in [-0.15, -0.1) is 0 Å². The van der Waals surface area contributed by atoms with E-state index in [0.717, 1.165) is 12.0 Å². The quantitative estimate of drug-likeness (QED) is 0.751. The van der Waals surface area contributed by atoms with Crippen molar-refractivity contribution in [2.45, 2.75) is 32.2 Å². The third kappa shape index (κ3) is 4.40. The zero-order chi connectivity index (χ0) is 11.8. The molecule has 4 heteroatoms. The van der Waals surface area contributed by atoms with Gasteiger partial charge in [-0.2, -0.15) is 0 Å². The molecule has 1 heterocycles. The molecule has 0 aliphatic rings. The molecule has 1 unspecified atom stereocenters. The van der Waals surface area contributed by atoms with Gasteiger partial charge < -0.3 is 10.4 Å². The van der Waals surface area contributed by atoms with Crippen LogP contribution in [0.5, 0.6) is 0 Å². The number of aryl methyl sites for hydroxylation is 1. The van der Waals surface area contributed by atoms with Crippen LogP contribution in [-0.4, -0.2) is 28.6 Å². The van der Waals surface area contributed by atoms with Gasteiger partial charge in [0.05, 0.1) is 12.6 Å². The Morgan fingerprint density at radius 2 is 2.44 bits per heavy atom. The third-order valence-electron chi connectivity index (χ3n) is 2.44. The number of aliphatic hydroxyl groups excluding tert-OH is 1. The average molecular weight is 222 g/mol. The van der Waals surface area contributed by atoms with Crippen molar-refractivity contribution in [3.05, 3.63) is 30.1 Å². The minimum atomic E-state index is -0.124. The number of amides is 1. The molecule has 0 radical (unpaired) electrons. The van der Waals surface area contributed by atoms with Crippen LogP contribution in [0.25, 0.3) is 0 Å². The largest absolute Gasteiger partial charge is 0.394 e. The van der Waals surface area contributed by atoms with E-state index in [-0.39, 0.29) is 18.6 Å². The summed E-state index contributed by atoms with van der Waals surface area (Å²) in [4.78, 5) is 15.5. The molecule has 1 atom stereocenters. The monoisotopic (exact) mass is 222 g/mol. The Kier molecular flexibility index (Phi) is 5.50. The number of carbonyl (C=O) groups is 1. The molecule has 0 aliphatic carbocycles. The maximum atomic E-state index is 11.5. The first-order valence-electron chi connectivity index (χ1n) is 5.55. The molecule has 2 N–H and O–H groups in total. The second kappa shape index (κ2) is 6.95. The van der Waals surface area contributed by atoms with E-state index in [1.807, 2.05) is 19.1 Å². The summed E-state index contributed by atoms with van der Waals surface area (Å²) in [5, 5.41) is 11.7. The van der Waals surface area contributed by atoms with Gasteiger partial charge in [0, 0.05) is 18.8 Å². The van der Waals surface area contributed by atoms with Crippen molar-refractivity contribution >= 4 is 5.91 Å². The lowest BCUT2D eigenvalue weighted by Gasteiger charge is -2.13. The van der Waals surface area contributed by atoms with Crippen molar-refractivity contribution in [2.24, 2.45) is 0 Å². The van der Waals surface area contributed by atoms with E-state index in [1.165, 1.54) is 0 Å². The summed E-state index contributed by atoms with van der Waals surface area (Å²) in [6.07, 6.45) is 5.33. The zero-order valence-electron chi connectivity index (χ0n) is 9.52. The van der Waals surface area contributed by atoms with Crippen LogP contribution >= 0.6 is 0 Å². The predicted molar refractivity (Wildman–Crippen MR) is 61.9 cm³/mol. The van der Waals surface area contributed by atoms with Crippen LogP contribution in [0.2, 0.25) is 0 Å². The van der Waals surface area contributed by atoms with E-state index in [2.05, 4.69) is 10.3 Å². The smallest absolute Gasteiger partial charge is 0.220 e. The lowest BCUT2D eigenvalue weighted by Crippen LogP contribution is -2.37. The lowest BCUT2D eigenvalue weighted by atomic mass is 10.1. The van der Waals surface area contributed by atoms with Crippen LogP contribution in [-0.2, 0) is 11.2 Å². The molecule has 1 aromatic heterocycles. The molecule has 1 aromatic rings. The molecular weight excluding hydrogens is 204 g/mol. The molecule has 0 saturated carbocycles. The molecule has 0 fully saturated rings. The molecule has 0 spiro atoms. The number of rotatable bonds is 6. The molecule has 88 valence electrons. The fraction of sp³-hybridized carbons (Fsp3) is 0.500. The Morgan fingerprint density at radius 3 is 3.00 bits per heavy atom. The van der Waals surface area contributed by atoms with Gasteiger partial charge >= 0.3 is 0 Å². The second-order valence-corrected chi connectivity index (χ2v) is 3.72. The normalized spacial score (nSPS) is 12.1. The van der Waals surface area contributed by atoms with Crippen molar-refractivity contribution in [1.29, 1.82) is 0 Å². The van der Waals surface area contributed by atoms with Crippen LogP contribution < -0.4 is 5.32 Å². The fourth-order valence-corrected chi connectivity index (χ4v) is 1.38. The van der Waals surface area contributed by atoms with Crippen LogP contribution in [0, 0.1) is 0 Å². The Morgan fingerprint density at radius 1 is 1.62 bits per heavy atom. The van der Waals surface area contributed by atoms with E-state index < -0.39 is 0 Å². The topological polar surface area (TPSA) is 62.2 Å². The van der Waals surface area contributed by atoms with Crippen molar-refractivity contribution in [1.82, 2.24) is 10.3 Å². The third-order valence-corrected chi connectivity index (χ3v) is 2.44. The molecule has 16 heavy (non-hydrogen) atoms. The maximum Gasteiger partial charge on any atom is 0.220 e. The van der Waals surface area contributed by atoms with E-state index >= 15 is 0 Å². The second-order valence-electron chi connectivity index (χ2n) is 3.72. The maximum absolute atomic E-state index is 11.5. The van der Waals surface area contributed by atoms with E-state index in [0.29, 0.717) is 12.8 Å². The average Bonchev–Trinajstić information content (AvgIpc) is 2.34. The van der Waals surface area contributed by atoms with E-state index in [4.69, 9.17) is 5.11 Å². The summed E-state index contributed by atoms with van der Waals surface area (Å²) in [6.45, 7) is 1.93. The van der Waals surface area contributed by atoms with Crippen LogP contribution in [0.3, 0.4) is 0 Å². The number of hydrogen-bond acceptors (Lipinski definition) is 3. The van der Waals surface area contributed by atoms with Crippen molar-refractivity contribution in [2.75, 3.05) is 6.61 Å². The van der Waals surface area contributed by atoms with E-state index in [1.54, 1.807) is 12.4 Å². The molecular formula is C12H18N2O2. The highest BCUT2D eigenvalue weighted by molar-refractivity contribution is 5.76. The summed E-state index contributed by atoms with van der Waals surface area (Å²) in [5.74, 6) is -0.0234. The SMILES string of the molecule is CCC(CO)NC(=O)CCc1cccnc1. The molecule has 0 aromatic carbocycles. The van der Waals surface area contributed by atoms with Gasteiger partial charge in [-0.25, -0.2) is 0 Å².